The van der Waals surface area contributed by atoms with E-state index in [0.717, 1.165) is 12.1 Å². The van der Waals surface area contributed by atoms with Gasteiger partial charge in [-0.2, -0.15) is 9.97 Å². The van der Waals surface area contributed by atoms with Crippen LogP contribution in [-0.2, 0) is 0 Å². The van der Waals surface area contributed by atoms with Gasteiger partial charge in [-0.3, -0.25) is 0 Å². The molecule has 25 heavy (non-hydrogen) atoms. The predicted molar refractivity (Wildman–Crippen MR) is 98.2 cm³/mol. The maximum Gasteiger partial charge on any atom is 0.226 e. The van der Waals surface area contributed by atoms with E-state index in [1.807, 2.05) is 41.8 Å². The Morgan fingerprint density at radius 2 is 2.04 bits per heavy atom. The fourth-order valence-electron chi connectivity index (χ4n) is 3.09. The topological polar surface area (TPSA) is 75.9 Å². The van der Waals surface area contributed by atoms with Gasteiger partial charge in [0.25, 0.3) is 0 Å². The van der Waals surface area contributed by atoms with Crippen molar-refractivity contribution in [3.63, 3.8) is 0 Å². The first-order valence-electron chi connectivity index (χ1n) is 8.17. The van der Waals surface area contributed by atoms with Crippen LogP contribution in [0.4, 0.5) is 11.5 Å². The molecule has 0 aliphatic heterocycles. The van der Waals surface area contributed by atoms with Gasteiger partial charge in [-0.25, -0.2) is 4.98 Å². The molecule has 0 unspecified atom stereocenters. The highest BCUT2D eigenvalue weighted by atomic mass is 35.5. The molecule has 2 heterocycles. The molecule has 0 amide bonds. The molecule has 3 aromatic rings. The van der Waals surface area contributed by atoms with Crippen LogP contribution in [0.15, 0.2) is 42.7 Å². The van der Waals surface area contributed by atoms with Crippen molar-refractivity contribution in [2.75, 3.05) is 11.9 Å². The lowest BCUT2D eigenvalue weighted by Gasteiger charge is -2.13. The van der Waals surface area contributed by atoms with Crippen LogP contribution < -0.4 is 5.32 Å². The fourth-order valence-corrected chi connectivity index (χ4v) is 3.25. The van der Waals surface area contributed by atoms with Crippen molar-refractivity contribution in [3.8, 4) is 0 Å². The van der Waals surface area contributed by atoms with E-state index in [1.54, 1.807) is 6.33 Å². The number of nitrogens with one attached hydrogen (secondary N) is 1. The monoisotopic (exact) mass is 355 g/mol. The summed E-state index contributed by atoms with van der Waals surface area (Å²) in [6.45, 7) is 2.19. The number of aryl methyl sites for hydroxylation is 1. The molecule has 0 spiro atoms. The zero-order valence-corrected chi connectivity index (χ0v) is 14.5. The van der Waals surface area contributed by atoms with Gasteiger partial charge in [0.2, 0.25) is 5.28 Å². The zero-order valence-electron chi connectivity index (χ0n) is 13.7. The van der Waals surface area contributed by atoms with Gasteiger partial charge in [0.15, 0.2) is 17.0 Å². The quantitative estimate of drug-likeness (QED) is 0.552. The number of aliphatic hydroxyl groups excluding tert-OH is 1. The summed E-state index contributed by atoms with van der Waals surface area (Å²) < 4.78 is 1.98. The molecule has 2 atom stereocenters. The molecule has 1 aliphatic rings. The van der Waals surface area contributed by atoms with Gasteiger partial charge in [0, 0.05) is 18.2 Å². The molecule has 4 rings (SSSR count). The summed E-state index contributed by atoms with van der Waals surface area (Å²) in [4.78, 5) is 13.2. The van der Waals surface area contributed by atoms with Crippen molar-refractivity contribution in [3.05, 3.63) is 53.6 Å². The van der Waals surface area contributed by atoms with Crippen molar-refractivity contribution < 1.29 is 5.11 Å². The molecule has 0 saturated heterocycles. The van der Waals surface area contributed by atoms with Crippen LogP contribution in [0.2, 0.25) is 5.28 Å². The lowest BCUT2D eigenvalue weighted by Crippen LogP contribution is -2.08. The number of aromatic nitrogens is 4. The minimum absolute atomic E-state index is 0.111. The van der Waals surface area contributed by atoms with Crippen molar-refractivity contribution in [1.29, 1.82) is 0 Å². The number of allylic oxidation sites excluding steroid dienone is 1. The second-order valence-corrected chi connectivity index (χ2v) is 6.62. The van der Waals surface area contributed by atoms with E-state index in [-0.39, 0.29) is 23.9 Å². The lowest BCUT2D eigenvalue weighted by atomic mass is 10.1. The van der Waals surface area contributed by atoms with Gasteiger partial charge in [0.1, 0.15) is 0 Å². The Morgan fingerprint density at radius 1 is 1.24 bits per heavy atom. The molecule has 6 nitrogen and oxygen atoms in total. The molecule has 128 valence electrons. The van der Waals surface area contributed by atoms with Crippen LogP contribution in [0.25, 0.3) is 11.2 Å². The van der Waals surface area contributed by atoms with Gasteiger partial charge < -0.3 is 15.0 Å². The summed E-state index contributed by atoms with van der Waals surface area (Å²) in [6.07, 6.45) is 6.69. The first-order valence-corrected chi connectivity index (χ1v) is 8.55. The first-order chi connectivity index (χ1) is 12.1. The summed E-state index contributed by atoms with van der Waals surface area (Å²) in [7, 11) is 0. The number of hydrogen-bond donors (Lipinski definition) is 2. The van der Waals surface area contributed by atoms with E-state index < -0.39 is 0 Å². The SMILES string of the molecule is Cc1ccc(Nc2nc(Cl)nc3c2ncn3[C@H]2C=C[C@@H](CO)C2)cc1. The summed E-state index contributed by atoms with van der Waals surface area (Å²) >= 11 is 6.15. The number of halogens is 1. The Hall–Kier alpha value is -2.44. The molecular weight excluding hydrogens is 338 g/mol. The fraction of sp³-hybridized carbons (Fsp3) is 0.278. The second kappa shape index (κ2) is 6.46. The van der Waals surface area contributed by atoms with Crippen LogP contribution in [0.3, 0.4) is 0 Å². The van der Waals surface area contributed by atoms with E-state index in [1.165, 1.54) is 5.56 Å². The van der Waals surface area contributed by atoms with Gasteiger partial charge >= 0.3 is 0 Å². The highest BCUT2D eigenvalue weighted by Gasteiger charge is 2.23. The Bertz CT molecular complexity index is 935. The highest BCUT2D eigenvalue weighted by Crippen LogP contribution is 2.32. The summed E-state index contributed by atoms with van der Waals surface area (Å²) in [6, 6.07) is 8.14. The number of anilines is 2. The third kappa shape index (κ3) is 3.10. The van der Waals surface area contributed by atoms with Crippen LogP contribution in [0.5, 0.6) is 0 Å². The minimum atomic E-state index is 0.111. The number of nitrogens with zero attached hydrogens (tertiary/aromatic N) is 4. The number of aliphatic hydroxyl groups is 1. The molecule has 0 radical (unpaired) electrons. The number of fused-ring (bicyclic) bond motifs is 1. The molecule has 0 fully saturated rings. The second-order valence-electron chi connectivity index (χ2n) is 6.29. The Balaban J connectivity index is 1.71. The number of hydrogen-bond acceptors (Lipinski definition) is 5. The molecule has 2 N–H and O–H groups in total. The molecular formula is C18H18ClN5O. The van der Waals surface area contributed by atoms with Gasteiger partial charge in [0.05, 0.1) is 12.4 Å². The predicted octanol–water partition coefficient (Wildman–Crippen LogP) is 3.64. The van der Waals surface area contributed by atoms with Crippen LogP contribution in [0, 0.1) is 12.8 Å². The molecule has 2 aromatic heterocycles. The van der Waals surface area contributed by atoms with E-state index in [2.05, 4.69) is 26.3 Å². The van der Waals surface area contributed by atoms with E-state index in [4.69, 9.17) is 11.6 Å². The summed E-state index contributed by atoms with van der Waals surface area (Å²) in [5, 5.41) is 12.8. The Morgan fingerprint density at radius 3 is 2.76 bits per heavy atom. The lowest BCUT2D eigenvalue weighted by molar-refractivity contribution is 0.244. The standard InChI is InChI=1S/C18H18ClN5O/c1-11-2-5-13(6-3-11)21-16-15-17(23-18(19)22-16)24(10-20-15)14-7-4-12(8-14)9-25/h2-7,10,12,14,25H,8-9H2,1H3,(H,21,22,23)/t12-,14+/m1/s1. The normalized spacial score (nSPS) is 19.6. The molecule has 1 aromatic carbocycles. The van der Waals surface area contributed by atoms with Crippen molar-refractivity contribution in [2.24, 2.45) is 5.92 Å². The van der Waals surface area contributed by atoms with Crippen LogP contribution >= 0.6 is 11.6 Å². The molecule has 0 bridgehead atoms. The third-order valence-corrected chi connectivity index (χ3v) is 4.62. The van der Waals surface area contributed by atoms with Crippen molar-refractivity contribution >= 4 is 34.3 Å². The average molecular weight is 356 g/mol. The molecule has 1 aliphatic carbocycles. The van der Waals surface area contributed by atoms with Gasteiger partial charge in [-0.15, -0.1) is 0 Å². The van der Waals surface area contributed by atoms with E-state index >= 15 is 0 Å². The van der Waals surface area contributed by atoms with E-state index in [9.17, 15) is 5.11 Å². The van der Waals surface area contributed by atoms with Crippen LogP contribution in [0.1, 0.15) is 18.0 Å². The van der Waals surface area contributed by atoms with Crippen molar-refractivity contribution in [2.45, 2.75) is 19.4 Å². The largest absolute Gasteiger partial charge is 0.396 e. The maximum atomic E-state index is 9.33. The Kier molecular flexibility index (Phi) is 4.15. The number of imidazole rings is 1. The van der Waals surface area contributed by atoms with Crippen LogP contribution in [-0.4, -0.2) is 31.2 Å². The van der Waals surface area contributed by atoms with Crippen molar-refractivity contribution in [1.82, 2.24) is 19.5 Å². The molecule has 7 heteroatoms. The average Bonchev–Trinajstić information content (AvgIpc) is 3.23. The summed E-state index contributed by atoms with van der Waals surface area (Å²) in [5.41, 5.74) is 3.46. The molecule has 0 saturated carbocycles. The first kappa shape index (κ1) is 16.1. The number of rotatable bonds is 4. The minimum Gasteiger partial charge on any atom is -0.396 e. The number of benzene rings is 1. The summed E-state index contributed by atoms with van der Waals surface area (Å²) in [5.74, 6) is 0.753. The van der Waals surface area contributed by atoms with E-state index in [0.29, 0.717) is 17.0 Å². The van der Waals surface area contributed by atoms with Gasteiger partial charge in [-0.1, -0.05) is 29.8 Å². The maximum absolute atomic E-state index is 9.33. The zero-order chi connectivity index (χ0) is 17.4. The smallest absolute Gasteiger partial charge is 0.226 e. The third-order valence-electron chi connectivity index (χ3n) is 4.45. The Labute approximate surface area is 150 Å². The van der Waals surface area contributed by atoms with Gasteiger partial charge in [-0.05, 0) is 37.1 Å². The highest BCUT2D eigenvalue weighted by molar-refractivity contribution is 6.28.